The molecule has 0 fully saturated rings. The third-order valence-corrected chi connectivity index (χ3v) is 4.01. The lowest BCUT2D eigenvalue weighted by Gasteiger charge is -2.10. The lowest BCUT2D eigenvalue weighted by molar-refractivity contribution is -0.137. The topological polar surface area (TPSA) is 46.5 Å². The predicted octanol–water partition coefficient (Wildman–Crippen LogP) is 6.07. The lowest BCUT2D eigenvalue weighted by Crippen LogP contribution is -2.06. The summed E-state index contributed by atoms with van der Waals surface area (Å²) in [4.78, 5) is 10.4. The van der Waals surface area contributed by atoms with E-state index in [1.807, 2.05) is 6.92 Å². The molecule has 1 N–H and O–H groups in total. The van der Waals surface area contributed by atoms with Crippen molar-refractivity contribution in [2.75, 3.05) is 7.11 Å². The fourth-order valence-electron chi connectivity index (χ4n) is 2.53. The molecule has 0 amide bonds. The van der Waals surface area contributed by atoms with Crippen LogP contribution in [0.4, 0.5) is 0 Å². The fraction of sp³-hybridized carbons (Fsp3) is 0.667. The zero-order chi connectivity index (χ0) is 17.9. The van der Waals surface area contributed by atoms with Gasteiger partial charge in [-0.05, 0) is 26.2 Å². The third-order valence-electron chi connectivity index (χ3n) is 4.01. The molecule has 0 aliphatic heterocycles. The molecule has 0 spiro atoms. The van der Waals surface area contributed by atoms with E-state index < -0.39 is 5.97 Å². The summed E-state index contributed by atoms with van der Waals surface area (Å²) in [7, 11) is 1.77. The van der Waals surface area contributed by atoms with Crippen molar-refractivity contribution >= 4 is 5.97 Å². The summed E-state index contributed by atoms with van der Waals surface area (Å²) in [5.41, 5.74) is 0. The van der Waals surface area contributed by atoms with Crippen molar-refractivity contribution in [2.24, 2.45) is 0 Å². The van der Waals surface area contributed by atoms with Crippen molar-refractivity contribution in [1.29, 1.82) is 0 Å². The summed E-state index contributed by atoms with van der Waals surface area (Å²) in [5.74, 6) is -0.676. The highest BCUT2D eigenvalue weighted by Gasteiger charge is 2.02. The molecule has 0 aliphatic rings. The highest BCUT2D eigenvalue weighted by atomic mass is 16.5. The van der Waals surface area contributed by atoms with Gasteiger partial charge in [0.25, 0.3) is 0 Å². The minimum atomic E-state index is -0.676. The van der Waals surface area contributed by atoms with Crippen LogP contribution in [-0.4, -0.2) is 24.3 Å². The van der Waals surface area contributed by atoms with E-state index in [0.717, 1.165) is 32.1 Å². The number of carbonyl (C=O) groups is 1. The van der Waals surface area contributed by atoms with E-state index in [0.29, 0.717) is 6.42 Å². The number of hydrogen-bond donors (Lipinski definition) is 1. The van der Waals surface area contributed by atoms with Crippen LogP contribution in [0.5, 0.6) is 0 Å². The number of carboxylic acids is 1. The van der Waals surface area contributed by atoms with Gasteiger partial charge in [-0.15, -0.1) is 0 Å². The van der Waals surface area contributed by atoms with Gasteiger partial charge in [0.2, 0.25) is 0 Å². The minimum Gasteiger partial charge on any atom is -0.481 e. The molecule has 0 radical (unpaired) electrons. The molecule has 0 rings (SSSR count). The third kappa shape index (κ3) is 17.0. The normalized spacial score (nSPS) is 13.4. The van der Waals surface area contributed by atoms with Crippen LogP contribution in [0.15, 0.2) is 36.5 Å². The summed E-state index contributed by atoms with van der Waals surface area (Å²) >= 11 is 0. The molecular weight excluding hydrogens is 300 g/mol. The van der Waals surface area contributed by atoms with E-state index in [4.69, 9.17) is 9.84 Å². The van der Waals surface area contributed by atoms with Gasteiger partial charge in [-0.3, -0.25) is 4.79 Å². The van der Waals surface area contributed by atoms with Crippen molar-refractivity contribution in [3.63, 3.8) is 0 Å². The average Bonchev–Trinajstić information content (AvgIpc) is 2.57. The highest BCUT2D eigenvalue weighted by Crippen LogP contribution is 2.12. The van der Waals surface area contributed by atoms with Crippen molar-refractivity contribution in [1.82, 2.24) is 0 Å². The van der Waals surface area contributed by atoms with Crippen LogP contribution in [0, 0.1) is 0 Å². The Hall–Kier alpha value is -1.35. The molecule has 0 saturated carbocycles. The van der Waals surface area contributed by atoms with Crippen LogP contribution in [-0.2, 0) is 9.53 Å². The minimum absolute atomic E-state index is 0.215. The number of unbranched alkanes of at least 4 members (excludes halogenated alkanes) is 7. The number of rotatable bonds is 16. The van der Waals surface area contributed by atoms with E-state index in [9.17, 15) is 4.79 Å². The zero-order valence-electron chi connectivity index (χ0n) is 15.6. The van der Waals surface area contributed by atoms with Gasteiger partial charge in [-0.1, -0.05) is 81.4 Å². The highest BCUT2D eigenvalue weighted by molar-refractivity contribution is 5.66. The van der Waals surface area contributed by atoms with E-state index in [1.54, 1.807) is 7.11 Å². The molecule has 0 heterocycles. The monoisotopic (exact) mass is 336 g/mol. The molecule has 138 valence electrons. The fourth-order valence-corrected chi connectivity index (χ4v) is 2.53. The van der Waals surface area contributed by atoms with Gasteiger partial charge in [0.1, 0.15) is 0 Å². The molecule has 3 nitrogen and oxygen atoms in total. The Morgan fingerprint density at radius 3 is 2.17 bits per heavy atom. The molecule has 1 unspecified atom stereocenters. The van der Waals surface area contributed by atoms with Gasteiger partial charge >= 0.3 is 5.97 Å². The van der Waals surface area contributed by atoms with Gasteiger partial charge in [0, 0.05) is 13.5 Å². The van der Waals surface area contributed by atoms with E-state index in [1.165, 1.54) is 32.1 Å². The molecule has 0 saturated heterocycles. The molecule has 0 aromatic carbocycles. The first kappa shape index (κ1) is 22.6. The average molecular weight is 337 g/mol. The first-order chi connectivity index (χ1) is 11.7. The van der Waals surface area contributed by atoms with Crippen molar-refractivity contribution in [3.8, 4) is 0 Å². The zero-order valence-corrected chi connectivity index (χ0v) is 15.6. The number of ether oxygens (including phenoxy) is 1. The summed E-state index contributed by atoms with van der Waals surface area (Å²) in [5, 5.41) is 8.56. The predicted molar refractivity (Wildman–Crippen MR) is 102 cm³/mol. The van der Waals surface area contributed by atoms with Gasteiger partial charge < -0.3 is 9.84 Å². The van der Waals surface area contributed by atoms with Crippen LogP contribution in [0.25, 0.3) is 0 Å². The summed E-state index contributed by atoms with van der Waals surface area (Å²) in [6.45, 7) is 2.03. The number of methoxy groups -OCH3 is 1. The molecule has 1 atom stereocenters. The van der Waals surface area contributed by atoms with Crippen molar-refractivity contribution in [2.45, 2.75) is 83.7 Å². The van der Waals surface area contributed by atoms with Gasteiger partial charge in [0.05, 0.1) is 6.10 Å². The number of carboxylic acid groups (broad SMARTS) is 1. The quantitative estimate of drug-likeness (QED) is 0.211. The maximum absolute atomic E-state index is 10.4. The molecule has 0 bridgehead atoms. The van der Waals surface area contributed by atoms with Gasteiger partial charge in [-0.25, -0.2) is 0 Å². The Bertz CT molecular complexity index is 369. The van der Waals surface area contributed by atoms with Crippen LogP contribution < -0.4 is 0 Å². The van der Waals surface area contributed by atoms with Crippen LogP contribution in [0.3, 0.4) is 0 Å². The Morgan fingerprint density at radius 2 is 1.58 bits per heavy atom. The second kappa shape index (κ2) is 18.0. The van der Waals surface area contributed by atoms with E-state index in [2.05, 4.69) is 36.5 Å². The van der Waals surface area contributed by atoms with Crippen LogP contribution >= 0.6 is 0 Å². The summed E-state index contributed by atoms with van der Waals surface area (Å²) in [6.07, 6.45) is 24.4. The molecule has 3 heteroatoms. The first-order valence-electron chi connectivity index (χ1n) is 9.39. The number of allylic oxidation sites excluding steroid dienone is 5. The van der Waals surface area contributed by atoms with Gasteiger partial charge in [-0.2, -0.15) is 0 Å². The summed E-state index contributed by atoms with van der Waals surface area (Å²) < 4.78 is 5.49. The summed E-state index contributed by atoms with van der Waals surface area (Å²) in [6, 6.07) is 0. The second-order valence-corrected chi connectivity index (χ2v) is 6.15. The van der Waals surface area contributed by atoms with Crippen molar-refractivity contribution in [3.05, 3.63) is 36.5 Å². The van der Waals surface area contributed by atoms with Crippen molar-refractivity contribution < 1.29 is 14.6 Å². The first-order valence-corrected chi connectivity index (χ1v) is 9.39. The van der Waals surface area contributed by atoms with E-state index in [-0.39, 0.29) is 6.10 Å². The standard InChI is InChI=1S/C21H36O3/c1-3-4-5-6-11-14-17-20(24-2)18-15-12-9-7-8-10-13-16-19-21(22)23/h3-4,6,11,14,17,20H,5,7-10,12-13,15-16,18-19H2,1-2H3,(H,22,23). The van der Waals surface area contributed by atoms with Crippen LogP contribution in [0.2, 0.25) is 0 Å². The smallest absolute Gasteiger partial charge is 0.303 e. The molecule has 0 aliphatic carbocycles. The SMILES string of the molecule is CC=CCC=CC=CC(CCCCCCCCCCC(=O)O)OC. The van der Waals surface area contributed by atoms with E-state index >= 15 is 0 Å². The Balaban J connectivity index is 3.51. The number of hydrogen-bond acceptors (Lipinski definition) is 2. The maximum Gasteiger partial charge on any atom is 0.303 e. The van der Waals surface area contributed by atoms with Crippen LogP contribution in [0.1, 0.15) is 77.6 Å². The molecule has 0 aromatic heterocycles. The maximum atomic E-state index is 10.4. The Morgan fingerprint density at radius 1 is 0.958 bits per heavy atom. The second-order valence-electron chi connectivity index (χ2n) is 6.15. The number of aliphatic carboxylic acids is 1. The Labute approximate surface area is 148 Å². The Kier molecular flexibility index (Phi) is 17.0. The molecule has 0 aromatic rings. The van der Waals surface area contributed by atoms with Gasteiger partial charge in [0.15, 0.2) is 0 Å². The lowest BCUT2D eigenvalue weighted by atomic mass is 10.0. The largest absolute Gasteiger partial charge is 0.481 e. The molecule has 24 heavy (non-hydrogen) atoms. The molecular formula is C21H36O3.